The van der Waals surface area contributed by atoms with Gasteiger partial charge in [-0.2, -0.15) is 8.78 Å². The Morgan fingerprint density at radius 3 is 2.55 bits per heavy atom. The average molecular weight is 281 g/mol. The lowest BCUT2D eigenvalue weighted by Gasteiger charge is -2.26. The number of hydrogen-bond acceptors (Lipinski definition) is 2. The Labute approximate surface area is 117 Å². The number of nitrogens with zero attached hydrogens (tertiary/aromatic N) is 1. The smallest absolute Gasteiger partial charge is 0.328 e. The number of halogens is 2. The minimum atomic E-state index is -3.51. The topological polar surface area (TPSA) is 29.5 Å². The fourth-order valence-electron chi connectivity index (χ4n) is 1.74. The monoisotopic (exact) mass is 281 g/mol. The van der Waals surface area contributed by atoms with E-state index in [4.69, 9.17) is 4.74 Å². The fraction of sp³-hybridized carbons (Fsp3) is 0.267. The van der Waals surface area contributed by atoms with Crippen LogP contribution in [0, 0.1) is 0 Å². The number of rotatable bonds is 7. The van der Waals surface area contributed by atoms with Crippen LogP contribution in [0.15, 0.2) is 49.6 Å². The van der Waals surface area contributed by atoms with Crippen molar-refractivity contribution in [3.05, 3.63) is 49.6 Å². The predicted octanol–water partition coefficient (Wildman–Crippen LogP) is 3.43. The summed E-state index contributed by atoms with van der Waals surface area (Å²) in [5.74, 6) is -4.47. The van der Waals surface area contributed by atoms with E-state index in [0.717, 1.165) is 11.0 Å². The molecule has 0 fully saturated rings. The zero-order chi connectivity index (χ0) is 15.2. The van der Waals surface area contributed by atoms with Crippen LogP contribution in [0.25, 0.3) is 0 Å². The van der Waals surface area contributed by atoms with Gasteiger partial charge >= 0.3 is 5.92 Å². The van der Waals surface area contributed by atoms with Gasteiger partial charge in [-0.1, -0.05) is 24.3 Å². The zero-order valence-corrected chi connectivity index (χ0v) is 11.3. The van der Waals surface area contributed by atoms with Crippen molar-refractivity contribution in [3.8, 4) is 5.75 Å². The molecular weight excluding hydrogens is 264 g/mol. The van der Waals surface area contributed by atoms with E-state index in [1.807, 2.05) is 0 Å². The molecule has 0 aliphatic rings. The maximum absolute atomic E-state index is 13.8. The molecule has 0 aliphatic carbocycles. The highest BCUT2D eigenvalue weighted by Crippen LogP contribution is 2.31. The largest absolute Gasteiger partial charge is 0.495 e. The lowest BCUT2D eigenvalue weighted by Crippen LogP contribution is -2.43. The highest BCUT2D eigenvalue weighted by atomic mass is 19.3. The highest BCUT2D eigenvalue weighted by molar-refractivity contribution is 5.99. The third kappa shape index (κ3) is 3.44. The summed E-state index contributed by atoms with van der Waals surface area (Å²) < 4.78 is 32.7. The van der Waals surface area contributed by atoms with Gasteiger partial charge in [0.05, 0.1) is 12.8 Å². The van der Waals surface area contributed by atoms with Crippen molar-refractivity contribution < 1.29 is 18.3 Å². The molecule has 0 saturated carbocycles. The van der Waals surface area contributed by atoms with Crippen molar-refractivity contribution in [1.82, 2.24) is 0 Å². The molecule has 0 unspecified atom stereocenters. The number of anilines is 1. The molecule has 0 bridgehead atoms. The summed E-state index contributed by atoms with van der Waals surface area (Å²) in [5.41, 5.74) is 0.281. The van der Waals surface area contributed by atoms with E-state index < -0.39 is 18.3 Å². The first-order valence-electron chi connectivity index (χ1n) is 6.02. The molecule has 20 heavy (non-hydrogen) atoms. The number of amides is 1. The second kappa shape index (κ2) is 6.84. The maximum atomic E-state index is 13.8. The molecule has 0 heterocycles. The number of hydrogen-bond donors (Lipinski definition) is 0. The zero-order valence-electron chi connectivity index (χ0n) is 11.3. The number of allylic oxidation sites excluding steroid dienone is 1. The average Bonchev–Trinajstić information content (AvgIpc) is 2.44. The second-order valence-corrected chi connectivity index (χ2v) is 4.07. The molecule has 3 nitrogen and oxygen atoms in total. The minimum Gasteiger partial charge on any atom is -0.495 e. The Hall–Kier alpha value is -2.17. The lowest BCUT2D eigenvalue weighted by atomic mass is 10.1. The molecule has 1 aromatic carbocycles. The SMILES string of the molecule is C=CCN(C(=O)C(F)(F)CC=C)c1ccccc1OC. The van der Waals surface area contributed by atoms with E-state index in [-0.39, 0.29) is 12.2 Å². The fourth-order valence-corrected chi connectivity index (χ4v) is 1.74. The molecule has 0 atom stereocenters. The van der Waals surface area contributed by atoms with E-state index in [1.165, 1.54) is 13.2 Å². The minimum absolute atomic E-state index is 0.0358. The molecule has 0 radical (unpaired) electrons. The first-order chi connectivity index (χ1) is 9.47. The van der Waals surface area contributed by atoms with E-state index >= 15 is 0 Å². The molecule has 1 amide bonds. The van der Waals surface area contributed by atoms with Crippen molar-refractivity contribution >= 4 is 11.6 Å². The first kappa shape index (κ1) is 15.9. The Morgan fingerprint density at radius 2 is 2.00 bits per heavy atom. The normalized spacial score (nSPS) is 10.8. The van der Waals surface area contributed by atoms with Gasteiger partial charge in [-0.05, 0) is 12.1 Å². The number of methoxy groups -OCH3 is 1. The Bertz CT molecular complexity index is 500. The Morgan fingerprint density at radius 1 is 1.35 bits per heavy atom. The third-order valence-corrected chi connectivity index (χ3v) is 2.65. The van der Waals surface area contributed by atoms with E-state index in [9.17, 15) is 13.6 Å². The van der Waals surface area contributed by atoms with Gasteiger partial charge in [0.1, 0.15) is 5.75 Å². The Kier molecular flexibility index (Phi) is 5.43. The van der Waals surface area contributed by atoms with Crippen molar-refractivity contribution in [3.63, 3.8) is 0 Å². The summed E-state index contributed by atoms with van der Waals surface area (Å²) >= 11 is 0. The van der Waals surface area contributed by atoms with Gasteiger partial charge in [0.2, 0.25) is 0 Å². The van der Waals surface area contributed by atoms with Gasteiger partial charge in [-0.3, -0.25) is 9.69 Å². The van der Waals surface area contributed by atoms with Crippen LogP contribution in [-0.4, -0.2) is 25.5 Å². The summed E-state index contributed by atoms with van der Waals surface area (Å²) in [4.78, 5) is 13.0. The van der Waals surface area contributed by atoms with Crippen molar-refractivity contribution in [2.75, 3.05) is 18.6 Å². The molecule has 1 aromatic rings. The molecule has 0 aromatic heterocycles. The summed E-state index contributed by atoms with van der Waals surface area (Å²) in [5, 5.41) is 0. The van der Waals surface area contributed by atoms with Crippen LogP contribution in [0.1, 0.15) is 6.42 Å². The molecule has 0 aliphatic heterocycles. The van der Waals surface area contributed by atoms with Gasteiger partial charge in [0.15, 0.2) is 0 Å². The van der Waals surface area contributed by atoms with E-state index in [0.29, 0.717) is 5.75 Å². The van der Waals surface area contributed by atoms with Crippen LogP contribution in [-0.2, 0) is 4.79 Å². The van der Waals surface area contributed by atoms with Gasteiger partial charge < -0.3 is 4.74 Å². The molecule has 1 rings (SSSR count). The summed E-state index contributed by atoms with van der Waals surface area (Å²) in [6, 6.07) is 6.49. The Balaban J connectivity index is 3.20. The van der Waals surface area contributed by atoms with E-state index in [1.54, 1.807) is 24.3 Å². The molecule has 5 heteroatoms. The number of para-hydroxylation sites is 2. The van der Waals surface area contributed by atoms with Crippen LogP contribution >= 0.6 is 0 Å². The van der Waals surface area contributed by atoms with Gasteiger partial charge in [0.25, 0.3) is 5.91 Å². The van der Waals surface area contributed by atoms with Gasteiger partial charge in [-0.25, -0.2) is 0 Å². The van der Waals surface area contributed by atoms with Crippen molar-refractivity contribution in [2.45, 2.75) is 12.3 Å². The van der Waals surface area contributed by atoms with Crippen molar-refractivity contribution in [2.24, 2.45) is 0 Å². The predicted molar refractivity (Wildman–Crippen MR) is 75.3 cm³/mol. The summed E-state index contributed by atoms with van der Waals surface area (Å²) in [6.07, 6.45) is 1.69. The number of benzene rings is 1. The summed E-state index contributed by atoms with van der Waals surface area (Å²) in [6.45, 7) is 6.70. The van der Waals surface area contributed by atoms with Crippen molar-refractivity contribution in [1.29, 1.82) is 0 Å². The second-order valence-electron chi connectivity index (χ2n) is 4.07. The van der Waals surface area contributed by atoms with E-state index in [2.05, 4.69) is 13.2 Å². The van der Waals surface area contributed by atoms with Gasteiger partial charge in [0, 0.05) is 13.0 Å². The third-order valence-electron chi connectivity index (χ3n) is 2.65. The lowest BCUT2D eigenvalue weighted by molar-refractivity contribution is -0.141. The molecule has 0 saturated heterocycles. The molecule has 0 spiro atoms. The number of alkyl halides is 2. The number of carbonyl (C=O) groups is 1. The summed E-state index contributed by atoms with van der Waals surface area (Å²) in [7, 11) is 1.41. The molecule has 0 N–H and O–H groups in total. The maximum Gasteiger partial charge on any atom is 0.328 e. The van der Waals surface area contributed by atoms with Crippen LogP contribution in [0.2, 0.25) is 0 Å². The van der Waals surface area contributed by atoms with Gasteiger partial charge in [-0.15, -0.1) is 13.2 Å². The van der Waals surface area contributed by atoms with Crippen LogP contribution in [0.5, 0.6) is 5.75 Å². The quantitative estimate of drug-likeness (QED) is 0.717. The highest BCUT2D eigenvalue weighted by Gasteiger charge is 2.41. The number of ether oxygens (including phenoxy) is 1. The molecule has 108 valence electrons. The molecular formula is C15H17F2NO2. The van der Waals surface area contributed by atoms with Crippen LogP contribution in [0.4, 0.5) is 14.5 Å². The first-order valence-corrected chi connectivity index (χ1v) is 6.02. The van der Waals surface area contributed by atoms with Crippen LogP contribution < -0.4 is 9.64 Å². The van der Waals surface area contributed by atoms with Crippen LogP contribution in [0.3, 0.4) is 0 Å². The standard InChI is InChI=1S/C15H17F2NO2/c1-4-10-15(16,17)14(19)18(11-5-2)12-8-6-7-9-13(12)20-3/h4-9H,1-2,10-11H2,3H3. The number of carbonyl (C=O) groups excluding carboxylic acids is 1.